The fourth-order valence-corrected chi connectivity index (χ4v) is 1.38. The molecule has 5 heteroatoms. The van der Waals surface area contributed by atoms with Crippen molar-refractivity contribution in [1.82, 2.24) is 0 Å². The summed E-state index contributed by atoms with van der Waals surface area (Å²) in [5, 5.41) is 19.4. The Morgan fingerprint density at radius 1 is 1.18 bits per heavy atom. The summed E-state index contributed by atoms with van der Waals surface area (Å²) in [6, 6.07) is 0. The van der Waals surface area contributed by atoms with Crippen LogP contribution in [-0.2, 0) is 14.3 Å². The van der Waals surface area contributed by atoms with E-state index in [1.165, 1.54) is 0 Å². The van der Waals surface area contributed by atoms with Crippen LogP contribution in [0, 0.1) is 0 Å². The van der Waals surface area contributed by atoms with Gasteiger partial charge in [0, 0.05) is 18.8 Å². The fourth-order valence-electron chi connectivity index (χ4n) is 1.38. The first-order chi connectivity index (χ1) is 8.06. The quantitative estimate of drug-likeness (QED) is 0.348. The number of aliphatic hydroxyl groups excluding tert-OH is 1. The minimum atomic E-state index is -1.11. The molecule has 17 heavy (non-hydrogen) atoms. The SMILES string of the molecule is CCCCCC(O)OC(=O)CCCCC(=O)[O-]. The molecule has 1 atom stereocenters. The minimum Gasteiger partial charge on any atom is -0.550 e. The van der Waals surface area contributed by atoms with E-state index in [1.54, 1.807) is 0 Å². The van der Waals surface area contributed by atoms with Gasteiger partial charge in [0.15, 0.2) is 0 Å². The Hall–Kier alpha value is -1.10. The highest BCUT2D eigenvalue weighted by molar-refractivity contribution is 5.69. The molecule has 100 valence electrons. The second-order valence-electron chi connectivity index (χ2n) is 4.02. The minimum absolute atomic E-state index is 0.0493. The molecule has 0 radical (unpaired) electrons. The smallest absolute Gasteiger partial charge is 0.308 e. The highest BCUT2D eigenvalue weighted by Gasteiger charge is 2.10. The third-order valence-electron chi connectivity index (χ3n) is 2.33. The number of unbranched alkanes of at least 4 members (excludes halogenated alkanes) is 3. The number of ether oxygens (including phenoxy) is 1. The van der Waals surface area contributed by atoms with Gasteiger partial charge in [0.25, 0.3) is 0 Å². The predicted molar refractivity (Wildman–Crippen MR) is 59.7 cm³/mol. The number of carbonyl (C=O) groups excluding carboxylic acids is 2. The van der Waals surface area contributed by atoms with E-state index in [-0.39, 0.29) is 12.8 Å². The second-order valence-corrected chi connectivity index (χ2v) is 4.02. The van der Waals surface area contributed by atoms with Crippen LogP contribution in [0.2, 0.25) is 0 Å². The highest BCUT2D eigenvalue weighted by Crippen LogP contribution is 2.07. The molecule has 0 aliphatic rings. The van der Waals surface area contributed by atoms with Crippen LogP contribution in [0.25, 0.3) is 0 Å². The van der Waals surface area contributed by atoms with Crippen molar-refractivity contribution in [3.8, 4) is 0 Å². The lowest BCUT2D eigenvalue weighted by Crippen LogP contribution is -2.21. The largest absolute Gasteiger partial charge is 0.550 e. The Balaban J connectivity index is 3.47. The molecule has 0 aromatic rings. The predicted octanol–water partition coefficient (Wildman–Crippen LogP) is 0.739. The topological polar surface area (TPSA) is 86.7 Å². The number of esters is 1. The summed E-state index contributed by atoms with van der Waals surface area (Å²) in [6.45, 7) is 2.05. The second kappa shape index (κ2) is 10.1. The van der Waals surface area contributed by atoms with Gasteiger partial charge in [0.05, 0.1) is 0 Å². The number of rotatable bonds is 10. The lowest BCUT2D eigenvalue weighted by Gasteiger charge is -2.11. The first-order valence-electron chi connectivity index (χ1n) is 6.13. The Labute approximate surface area is 102 Å². The molecule has 0 aromatic heterocycles. The van der Waals surface area contributed by atoms with Crippen LogP contribution in [0.15, 0.2) is 0 Å². The summed E-state index contributed by atoms with van der Waals surface area (Å²) < 4.78 is 4.76. The van der Waals surface area contributed by atoms with Crippen molar-refractivity contribution in [1.29, 1.82) is 0 Å². The number of hydrogen-bond acceptors (Lipinski definition) is 5. The standard InChI is InChI=1S/C12H22O5/c1-2-3-4-8-11(15)17-12(16)9-6-5-7-10(13)14/h11,15H,2-9H2,1H3,(H,13,14)/p-1. The van der Waals surface area contributed by atoms with Gasteiger partial charge in [-0.3, -0.25) is 4.79 Å². The Morgan fingerprint density at radius 2 is 1.82 bits per heavy atom. The Morgan fingerprint density at radius 3 is 2.41 bits per heavy atom. The monoisotopic (exact) mass is 245 g/mol. The van der Waals surface area contributed by atoms with Crippen LogP contribution in [0.5, 0.6) is 0 Å². The summed E-state index contributed by atoms with van der Waals surface area (Å²) in [5.41, 5.74) is 0. The number of carboxylic acid groups (broad SMARTS) is 1. The van der Waals surface area contributed by atoms with Gasteiger partial charge in [0.2, 0.25) is 6.29 Å². The molecule has 0 fully saturated rings. The molecule has 0 saturated heterocycles. The lowest BCUT2D eigenvalue weighted by molar-refractivity contribution is -0.305. The highest BCUT2D eigenvalue weighted by atomic mass is 16.6. The lowest BCUT2D eigenvalue weighted by atomic mass is 10.2. The molecule has 0 aromatic carbocycles. The molecular weight excluding hydrogens is 224 g/mol. The van der Waals surface area contributed by atoms with Gasteiger partial charge in [-0.15, -0.1) is 0 Å². The van der Waals surface area contributed by atoms with Crippen molar-refractivity contribution in [2.45, 2.75) is 64.6 Å². The van der Waals surface area contributed by atoms with Crippen molar-refractivity contribution in [3.63, 3.8) is 0 Å². The third kappa shape index (κ3) is 11.2. The summed E-state index contributed by atoms with van der Waals surface area (Å²) in [6.07, 6.45) is 3.22. The van der Waals surface area contributed by atoms with E-state index in [9.17, 15) is 19.8 Å². The van der Waals surface area contributed by atoms with Crippen molar-refractivity contribution < 1.29 is 24.5 Å². The Kier molecular flexibility index (Phi) is 9.43. The van der Waals surface area contributed by atoms with E-state index in [0.29, 0.717) is 19.3 Å². The van der Waals surface area contributed by atoms with Crippen molar-refractivity contribution in [2.75, 3.05) is 0 Å². The van der Waals surface area contributed by atoms with E-state index in [4.69, 9.17) is 4.74 Å². The van der Waals surface area contributed by atoms with E-state index in [0.717, 1.165) is 19.3 Å². The number of aliphatic hydroxyl groups is 1. The normalized spacial score (nSPS) is 12.1. The number of carbonyl (C=O) groups is 2. The zero-order valence-electron chi connectivity index (χ0n) is 10.3. The summed E-state index contributed by atoms with van der Waals surface area (Å²) in [4.78, 5) is 21.3. The van der Waals surface area contributed by atoms with Crippen molar-refractivity contribution in [3.05, 3.63) is 0 Å². The number of carboxylic acids is 1. The van der Waals surface area contributed by atoms with Gasteiger partial charge in [-0.25, -0.2) is 0 Å². The molecule has 1 unspecified atom stereocenters. The van der Waals surface area contributed by atoms with Crippen LogP contribution in [0.4, 0.5) is 0 Å². The molecule has 5 nitrogen and oxygen atoms in total. The van der Waals surface area contributed by atoms with Gasteiger partial charge in [-0.1, -0.05) is 19.8 Å². The maximum atomic E-state index is 11.2. The maximum Gasteiger partial charge on any atom is 0.308 e. The van der Waals surface area contributed by atoms with Crippen LogP contribution in [0.1, 0.15) is 58.3 Å². The molecule has 0 rings (SSSR count). The first-order valence-corrected chi connectivity index (χ1v) is 6.13. The van der Waals surface area contributed by atoms with Crippen LogP contribution in [0.3, 0.4) is 0 Å². The van der Waals surface area contributed by atoms with Crippen LogP contribution in [-0.4, -0.2) is 23.3 Å². The van der Waals surface area contributed by atoms with Gasteiger partial charge in [0.1, 0.15) is 0 Å². The third-order valence-corrected chi connectivity index (χ3v) is 2.33. The van der Waals surface area contributed by atoms with Crippen molar-refractivity contribution in [2.24, 2.45) is 0 Å². The number of hydrogen-bond donors (Lipinski definition) is 1. The summed E-state index contributed by atoms with van der Waals surface area (Å²) in [5.74, 6) is -1.59. The average molecular weight is 245 g/mol. The van der Waals surface area contributed by atoms with E-state index in [2.05, 4.69) is 6.92 Å². The van der Waals surface area contributed by atoms with Crippen LogP contribution < -0.4 is 5.11 Å². The molecule has 0 bridgehead atoms. The van der Waals surface area contributed by atoms with Gasteiger partial charge in [-0.05, 0) is 25.7 Å². The molecule has 0 amide bonds. The Bertz CT molecular complexity index is 227. The molecular formula is C12H21O5-. The maximum absolute atomic E-state index is 11.2. The van der Waals surface area contributed by atoms with Crippen LogP contribution >= 0.6 is 0 Å². The fraction of sp³-hybridized carbons (Fsp3) is 0.833. The van der Waals surface area contributed by atoms with E-state index in [1.807, 2.05) is 0 Å². The molecule has 0 heterocycles. The van der Waals surface area contributed by atoms with Crippen molar-refractivity contribution >= 4 is 11.9 Å². The summed E-state index contributed by atoms with van der Waals surface area (Å²) >= 11 is 0. The number of aliphatic carboxylic acids is 1. The zero-order chi connectivity index (χ0) is 13.1. The molecule has 0 spiro atoms. The average Bonchev–Trinajstić information content (AvgIpc) is 2.24. The molecule has 1 N–H and O–H groups in total. The van der Waals surface area contributed by atoms with E-state index < -0.39 is 18.2 Å². The summed E-state index contributed by atoms with van der Waals surface area (Å²) in [7, 11) is 0. The van der Waals surface area contributed by atoms with Gasteiger partial charge < -0.3 is 19.7 Å². The van der Waals surface area contributed by atoms with E-state index >= 15 is 0 Å². The zero-order valence-corrected chi connectivity index (χ0v) is 10.3. The first kappa shape index (κ1) is 15.9. The molecule has 0 aliphatic carbocycles. The molecule has 0 saturated carbocycles. The molecule has 0 aliphatic heterocycles. The van der Waals surface area contributed by atoms with Gasteiger partial charge in [-0.2, -0.15) is 0 Å². The van der Waals surface area contributed by atoms with Gasteiger partial charge >= 0.3 is 5.97 Å².